The van der Waals surface area contributed by atoms with Crippen LogP contribution in [0, 0.1) is 0 Å². The van der Waals surface area contributed by atoms with E-state index in [1.54, 1.807) is 0 Å². The molecular weight excluding hydrogens is 176 g/mol. The van der Waals surface area contributed by atoms with E-state index in [0.29, 0.717) is 19.3 Å². The molecule has 0 aliphatic heterocycles. The van der Waals surface area contributed by atoms with E-state index in [4.69, 9.17) is 10.2 Å². The lowest BCUT2D eigenvalue weighted by Gasteiger charge is -2.04. The third-order valence-corrected chi connectivity index (χ3v) is 1.29. The Kier molecular flexibility index (Phi) is 8.70. The highest BCUT2D eigenvalue weighted by atomic mass is 16.7. The Hall–Kier alpha value is -0.810. The van der Waals surface area contributed by atoms with E-state index >= 15 is 0 Å². The van der Waals surface area contributed by atoms with E-state index in [9.17, 15) is 4.79 Å². The van der Waals surface area contributed by atoms with Crippen molar-refractivity contribution >= 4 is 6.16 Å². The van der Waals surface area contributed by atoms with Crippen molar-refractivity contribution < 1.29 is 24.5 Å². The zero-order valence-electron chi connectivity index (χ0n) is 7.57. The van der Waals surface area contributed by atoms with E-state index in [1.807, 2.05) is 0 Å². The zero-order chi connectivity index (χ0) is 9.94. The van der Waals surface area contributed by atoms with E-state index < -0.39 is 6.16 Å². The molecule has 0 radical (unpaired) electrons. The first-order valence-electron chi connectivity index (χ1n) is 4.32. The van der Waals surface area contributed by atoms with Gasteiger partial charge in [-0.25, -0.2) is 4.79 Å². The van der Waals surface area contributed by atoms with Crippen LogP contribution in [-0.2, 0) is 9.47 Å². The SMILES string of the molecule is O=C(OCCCO)OCCCCO. The number of carbonyl (C=O) groups is 1. The molecule has 0 heterocycles. The van der Waals surface area contributed by atoms with Crippen molar-refractivity contribution in [2.45, 2.75) is 19.3 Å². The summed E-state index contributed by atoms with van der Waals surface area (Å²) in [4.78, 5) is 10.7. The predicted octanol–water partition coefficient (Wildman–Crippen LogP) is 0.295. The first-order valence-corrected chi connectivity index (χ1v) is 4.32. The van der Waals surface area contributed by atoms with Gasteiger partial charge in [-0.1, -0.05) is 0 Å². The molecule has 0 rings (SSSR count). The van der Waals surface area contributed by atoms with Gasteiger partial charge in [0, 0.05) is 19.6 Å². The number of hydrogen-bond donors (Lipinski definition) is 2. The molecule has 5 heteroatoms. The summed E-state index contributed by atoms with van der Waals surface area (Å²) < 4.78 is 9.22. The molecule has 0 amide bonds. The Morgan fingerprint density at radius 1 is 0.923 bits per heavy atom. The molecule has 0 aliphatic carbocycles. The van der Waals surface area contributed by atoms with E-state index in [1.165, 1.54) is 0 Å². The Balaban J connectivity index is 3.11. The standard InChI is InChI=1S/C8H16O5/c9-4-1-2-6-12-8(11)13-7-3-5-10/h9-10H,1-7H2. The monoisotopic (exact) mass is 192 g/mol. The summed E-state index contributed by atoms with van der Waals surface area (Å²) >= 11 is 0. The van der Waals surface area contributed by atoms with Crippen LogP contribution < -0.4 is 0 Å². The maximum absolute atomic E-state index is 10.7. The first kappa shape index (κ1) is 12.2. The topological polar surface area (TPSA) is 76.0 Å². The molecule has 78 valence electrons. The van der Waals surface area contributed by atoms with E-state index in [2.05, 4.69) is 9.47 Å². The maximum Gasteiger partial charge on any atom is 0.508 e. The number of aliphatic hydroxyl groups excluding tert-OH is 2. The Morgan fingerprint density at radius 2 is 1.46 bits per heavy atom. The minimum Gasteiger partial charge on any atom is -0.434 e. The third kappa shape index (κ3) is 9.10. The van der Waals surface area contributed by atoms with Crippen molar-refractivity contribution in [3.05, 3.63) is 0 Å². The number of aliphatic hydroxyl groups is 2. The van der Waals surface area contributed by atoms with Crippen LogP contribution in [-0.4, -0.2) is 42.8 Å². The van der Waals surface area contributed by atoms with Crippen molar-refractivity contribution in [3.63, 3.8) is 0 Å². The normalized spacial score (nSPS) is 9.69. The average Bonchev–Trinajstić information content (AvgIpc) is 2.13. The van der Waals surface area contributed by atoms with Gasteiger partial charge in [-0.05, 0) is 12.8 Å². The summed E-state index contributed by atoms with van der Waals surface area (Å²) in [6, 6.07) is 0. The maximum atomic E-state index is 10.7. The molecule has 0 bridgehead atoms. The lowest BCUT2D eigenvalue weighted by Crippen LogP contribution is -2.10. The van der Waals surface area contributed by atoms with Gasteiger partial charge < -0.3 is 19.7 Å². The van der Waals surface area contributed by atoms with Crippen LogP contribution in [0.25, 0.3) is 0 Å². The van der Waals surface area contributed by atoms with Crippen molar-refractivity contribution in [3.8, 4) is 0 Å². The van der Waals surface area contributed by atoms with Crippen LogP contribution in [0.3, 0.4) is 0 Å². The molecule has 0 fully saturated rings. The summed E-state index contributed by atoms with van der Waals surface area (Å²) in [7, 11) is 0. The third-order valence-electron chi connectivity index (χ3n) is 1.29. The molecule has 0 aromatic heterocycles. The number of unbranched alkanes of at least 4 members (excludes halogenated alkanes) is 1. The van der Waals surface area contributed by atoms with Crippen molar-refractivity contribution in [2.24, 2.45) is 0 Å². The molecule has 0 saturated heterocycles. The number of rotatable bonds is 7. The summed E-state index contributed by atoms with van der Waals surface area (Å²) in [6.45, 7) is 0.536. The molecule has 0 unspecified atom stereocenters. The van der Waals surface area contributed by atoms with Crippen LogP contribution in [0.1, 0.15) is 19.3 Å². The highest BCUT2D eigenvalue weighted by Gasteiger charge is 2.01. The molecular formula is C8H16O5. The molecule has 0 aromatic carbocycles. The van der Waals surface area contributed by atoms with Crippen LogP contribution in [0.4, 0.5) is 4.79 Å². The highest BCUT2D eigenvalue weighted by molar-refractivity contribution is 5.59. The summed E-state index contributed by atoms with van der Waals surface area (Å²) in [5, 5.41) is 16.8. The zero-order valence-corrected chi connectivity index (χ0v) is 7.57. The first-order chi connectivity index (χ1) is 6.31. The lowest BCUT2D eigenvalue weighted by atomic mass is 10.3. The van der Waals surface area contributed by atoms with Crippen LogP contribution >= 0.6 is 0 Å². The number of ether oxygens (including phenoxy) is 2. The minimum atomic E-state index is -0.716. The van der Waals surface area contributed by atoms with Gasteiger partial charge in [0.25, 0.3) is 0 Å². The van der Waals surface area contributed by atoms with Crippen LogP contribution in [0.5, 0.6) is 0 Å². The van der Waals surface area contributed by atoms with Gasteiger partial charge in [0.15, 0.2) is 0 Å². The number of hydrogen-bond acceptors (Lipinski definition) is 5. The molecule has 2 N–H and O–H groups in total. The van der Waals surface area contributed by atoms with E-state index in [0.717, 1.165) is 0 Å². The molecule has 0 spiro atoms. The van der Waals surface area contributed by atoms with Gasteiger partial charge in [0.1, 0.15) is 0 Å². The van der Waals surface area contributed by atoms with Gasteiger partial charge in [-0.3, -0.25) is 0 Å². The highest BCUT2D eigenvalue weighted by Crippen LogP contribution is 1.92. The van der Waals surface area contributed by atoms with Gasteiger partial charge >= 0.3 is 6.16 Å². The predicted molar refractivity (Wildman–Crippen MR) is 45.3 cm³/mol. The fourth-order valence-corrected chi connectivity index (χ4v) is 0.631. The van der Waals surface area contributed by atoms with Gasteiger partial charge in [0.2, 0.25) is 0 Å². The molecule has 0 aliphatic rings. The van der Waals surface area contributed by atoms with Gasteiger partial charge in [0.05, 0.1) is 13.2 Å². The van der Waals surface area contributed by atoms with Gasteiger partial charge in [-0.2, -0.15) is 0 Å². The lowest BCUT2D eigenvalue weighted by molar-refractivity contribution is 0.0494. The molecule has 5 nitrogen and oxygen atoms in total. The summed E-state index contributed by atoms with van der Waals surface area (Å²) in [5.41, 5.74) is 0. The van der Waals surface area contributed by atoms with Crippen molar-refractivity contribution in [1.29, 1.82) is 0 Å². The Morgan fingerprint density at radius 3 is 2.00 bits per heavy atom. The fraction of sp³-hybridized carbons (Fsp3) is 0.875. The molecule has 0 saturated carbocycles. The summed E-state index contributed by atoms with van der Waals surface area (Å²) in [5.74, 6) is 0. The van der Waals surface area contributed by atoms with Crippen LogP contribution in [0.15, 0.2) is 0 Å². The quantitative estimate of drug-likeness (QED) is 0.448. The van der Waals surface area contributed by atoms with Gasteiger partial charge in [-0.15, -0.1) is 0 Å². The minimum absolute atomic E-state index is 0.00219. The second kappa shape index (κ2) is 9.28. The molecule has 0 atom stereocenters. The fourth-order valence-electron chi connectivity index (χ4n) is 0.631. The summed E-state index contributed by atoms with van der Waals surface area (Å²) in [6.07, 6.45) is 0.952. The molecule has 0 aromatic rings. The second-order valence-electron chi connectivity index (χ2n) is 2.45. The smallest absolute Gasteiger partial charge is 0.434 e. The Bertz CT molecular complexity index is 126. The van der Waals surface area contributed by atoms with Crippen molar-refractivity contribution in [1.82, 2.24) is 0 Å². The largest absolute Gasteiger partial charge is 0.508 e. The molecule has 13 heavy (non-hydrogen) atoms. The van der Waals surface area contributed by atoms with Crippen LogP contribution in [0.2, 0.25) is 0 Å². The average molecular weight is 192 g/mol. The number of carbonyl (C=O) groups excluding carboxylic acids is 1. The Labute approximate surface area is 77.3 Å². The van der Waals surface area contributed by atoms with Crippen molar-refractivity contribution in [2.75, 3.05) is 26.4 Å². The second-order valence-corrected chi connectivity index (χ2v) is 2.45. The van der Waals surface area contributed by atoms with E-state index in [-0.39, 0.29) is 26.4 Å².